The van der Waals surface area contributed by atoms with Gasteiger partial charge in [0.15, 0.2) is 0 Å². The van der Waals surface area contributed by atoms with Crippen LogP contribution in [0, 0.1) is 11.3 Å². The van der Waals surface area contributed by atoms with Crippen molar-refractivity contribution in [1.29, 1.82) is 0 Å². The standard InChI is InChI=1S/C22H27BrN2O2S/c1-5-18(26)25-21-19(20(27)24-15-9-7-14(23)8-10-15)16-11-6-13(22(2,3)4)12-17(16)28-21/h7-10,13H,5-6,11-12H2,1-4H3,(H,24,27)(H,25,26). The van der Waals surface area contributed by atoms with Gasteiger partial charge in [-0.15, -0.1) is 11.3 Å². The Kier molecular flexibility index (Phi) is 6.30. The van der Waals surface area contributed by atoms with E-state index in [4.69, 9.17) is 0 Å². The van der Waals surface area contributed by atoms with E-state index in [1.807, 2.05) is 31.2 Å². The first-order valence-corrected chi connectivity index (χ1v) is 11.3. The monoisotopic (exact) mass is 462 g/mol. The number of hydrogen-bond donors (Lipinski definition) is 2. The van der Waals surface area contributed by atoms with Gasteiger partial charge in [-0.3, -0.25) is 9.59 Å². The van der Waals surface area contributed by atoms with Crippen LogP contribution in [0.4, 0.5) is 10.7 Å². The van der Waals surface area contributed by atoms with E-state index in [0.29, 0.717) is 22.9 Å². The molecule has 150 valence electrons. The molecule has 1 heterocycles. The Bertz CT molecular complexity index is 881. The van der Waals surface area contributed by atoms with Crippen LogP contribution in [0.3, 0.4) is 0 Å². The van der Waals surface area contributed by atoms with E-state index in [9.17, 15) is 9.59 Å². The molecule has 1 aliphatic carbocycles. The third kappa shape index (κ3) is 4.66. The van der Waals surface area contributed by atoms with E-state index in [2.05, 4.69) is 47.3 Å². The second-order valence-electron chi connectivity index (χ2n) is 8.38. The third-order valence-corrected chi connectivity index (χ3v) is 7.09. The second-order valence-corrected chi connectivity index (χ2v) is 10.4. The highest BCUT2D eigenvalue weighted by Crippen LogP contribution is 2.44. The summed E-state index contributed by atoms with van der Waals surface area (Å²) in [5.41, 5.74) is 2.71. The molecule has 1 aromatic heterocycles. The van der Waals surface area contributed by atoms with Gasteiger partial charge in [-0.1, -0.05) is 43.6 Å². The lowest BCUT2D eigenvalue weighted by molar-refractivity contribution is -0.115. The molecule has 2 aromatic rings. The molecule has 0 saturated carbocycles. The predicted octanol–water partition coefficient (Wildman–Crippen LogP) is 6.26. The quantitative estimate of drug-likeness (QED) is 0.562. The number of amides is 2. The van der Waals surface area contributed by atoms with Gasteiger partial charge >= 0.3 is 0 Å². The van der Waals surface area contributed by atoms with Crippen molar-refractivity contribution < 1.29 is 9.59 Å². The molecule has 0 aliphatic heterocycles. The Hall–Kier alpha value is -1.66. The number of fused-ring (bicyclic) bond motifs is 1. The minimum atomic E-state index is -0.152. The van der Waals surface area contributed by atoms with Crippen molar-refractivity contribution in [1.82, 2.24) is 0 Å². The number of carbonyl (C=O) groups excluding carboxylic acids is 2. The van der Waals surface area contributed by atoms with E-state index >= 15 is 0 Å². The summed E-state index contributed by atoms with van der Waals surface area (Å²) in [6.45, 7) is 8.64. The minimum absolute atomic E-state index is 0.0661. The van der Waals surface area contributed by atoms with Crippen molar-refractivity contribution in [3.63, 3.8) is 0 Å². The Balaban J connectivity index is 1.94. The lowest BCUT2D eigenvalue weighted by Crippen LogP contribution is -2.27. The molecule has 0 bridgehead atoms. The van der Waals surface area contributed by atoms with Gasteiger partial charge in [0.1, 0.15) is 5.00 Å². The molecule has 0 saturated heterocycles. The van der Waals surface area contributed by atoms with Crippen molar-refractivity contribution >= 4 is 49.8 Å². The number of carbonyl (C=O) groups is 2. The van der Waals surface area contributed by atoms with Crippen LogP contribution in [-0.4, -0.2) is 11.8 Å². The number of hydrogen-bond acceptors (Lipinski definition) is 3. The maximum Gasteiger partial charge on any atom is 0.258 e. The van der Waals surface area contributed by atoms with E-state index in [0.717, 1.165) is 35.0 Å². The van der Waals surface area contributed by atoms with Gasteiger partial charge in [-0.25, -0.2) is 0 Å². The number of nitrogens with one attached hydrogen (secondary N) is 2. The second kappa shape index (κ2) is 8.37. The zero-order valence-corrected chi connectivity index (χ0v) is 19.2. The average Bonchev–Trinajstić information content (AvgIpc) is 2.99. The van der Waals surface area contributed by atoms with Crippen molar-refractivity contribution in [2.45, 2.75) is 53.4 Å². The molecule has 1 aromatic carbocycles. The molecule has 4 nitrogen and oxygen atoms in total. The summed E-state index contributed by atoms with van der Waals surface area (Å²) in [6.07, 6.45) is 3.29. The molecule has 2 amide bonds. The first kappa shape index (κ1) is 21.1. The predicted molar refractivity (Wildman–Crippen MR) is 120 cm³/mol. The van der Waals surface area contributed by atoms with E-state index in [1.54, 1.807) is 11.3 Å². The summed E-state index contributed by atoms with van der Waals surface area (Å²) in [5, 5.41) is 6.63. The van der Waals surface area contributed by atoms with E-state index in [1.165, 1.54) is 4.88 Å². The smallest absolute Gasteiger partial charge is 0.258 e. The van der Waals surface area contributed by atoms with E-state index < -0.39 is 0 Å². The molecule has 2 N–H and O–H groups in total. The summed E-state index contributed by atoms with van der Waals surface area (Å²) >= 11 is 4.98. The summed E-state index contributed by atoms with van der Waals surface area (Å²) in [4.78, 5) is 26.4. The maximum atomic E-state index is 13.1. The molecular weight excluding hydrogens is 436 g/mol. The number of anilines is 2. The molecular formula is C22H27BrN2O2S. The molecule has 1 unspecified atom stereocenters. The van der Waals surface area contributed by atoms with Crippen LogP contribution in [0.1, 0.15) is 61.3 Å². The minimum Gasteiger partial charge on any atom is -0.322 e. The van der Waals surface area contributed by atoms with Gasteiger partial charge in [-0.05, 0) is 60.4 Å². The Morgan fingerprint density at radius 2 is 1.86 bits per heavy atom. The molecule has 3 rings (SSSR count). The van der Waals surface area contributed by atoms with Gasteiger partial charge in [0, 0.05) is 21.5 Å². The van der Waals surface area contributed by atoms with Gasteiger partial charge in [-0.2, -0.15) is 0 Å². The highest BCUT2D eigenvalue weighted by Gasteiger charge is 2.34. The third-order valence-electron chi connectivity index (χ3n) is 5.39. The van der Waals surface area contributed by atoms with Crippen molar-refractivity contribution in [3.05, 3.63) is 44.7 Å². The Labute approximate surface area is 179 Å². The maximum absolute atomic E-state index is 13.1. The number of halogens is 1. The lowest BCUT2D eigenvalue weighted by Gasteiger charge is -2.33. The zero-order valence-electron chi connectivity index (χ0n) is 16.8. The molecule has 0 fully saturated rings. The molecule has 28 heavy (non-hydrogen) atoms. The largest absolute Gasteiger partial charge is 0.322 e. The summed E-state index contributed by atoms with van der Waals surface area (Å²) in [6, 6.07) is 7.51. The highest BCUT2D eigenvalue weighted by molar-refractivity contribution is 9.10. The van der Waals surface area contributed by atoms with Gasteiger partial charge < -0.3 is 10.6 Å². The average molecular weight is 463 g/mol. The van der Waals surface area contributed by atoms with Crippen molar-refractivity contribution in [3.8, 4) is 0 Å². The molecule has 1 aliphatic rings. The van der Waals surface area contributed by atoms with Crippen LogP contribution in [0.25, 0.3) is 0 Å². The first-order chi connectivity index (χ1) is 13.2. The fraction of sp³-hybridized carbons (Fsp3) is 0.455. The molecule has 1 atom stereocenters. The first-order valence-electron chi connectivity index (χ1n) is 9.70. The number of benzene rings is 1. The number of thiophene rings is 1. The number of rotatable bonds is 4. The van der Waals surface area contributed by atoms with E-state index in [-0.39, 0.29) is 17.2 Å². The Morgan fingerprint density at radius 1 is 1.18 bits per heavy atom. The van der Waals surface area contributed by atoms with Crippen molar-refractivity contribution in [2.24, 2.45) is 11.3 Å². The van der Waals surface area contributed by atoms with Crippen LogP contribution >= 0.6 is 27.3 Å². The highest BCUT2D eigenvalue weighted by atomic mass is 79.9. The molecule has 0 spiro atoms. The van der Waals surface area contributed by atoms with Gasteiger partial charge in [0.25, 0.3) is 5.91 Å². The Morgan fingerprint density at radius 3 is 2.46 bits per heavy atom. The normalized spacial score (nSPS) is 16.4. The van der Waals surface area contributed by atoms with Crippen LogP contribution < -0.4 is 10.6 Å². The summed E-state index contributed by atoms with van der Waals surface area (Å²) in [5.74, 6) is 0.361. The topological polar surface area (TPSA) is 58.2 Å². The van der Waals surface area contributed by atoms with Gasteiger partial charge in [0.2, 0.25) is 5.91 Å². The summed E-state index contributed by atoms with van der Waals surface area (Å²) in [7, 11) is 0. The molecule has 6 heteroatoms. The molecule has 0 radical (unpaired) electrons. The van der Waals surface area contributed by atoms with Crippen molar-refractivity contribution in [2.75, 3.05) is 10.6 Å². The van der Waals surface area contributed by atoms with Crippen LogP contribution in [0.2, 0.25) is 0 Å². The van der Waals surface area contributed by atoms with Crippen LogP contribution in [0.15, 0.2) is 28.7 Å². The van der Waals surface area contributed by atoms with Crippen LogP contribution in [0.5, 0.6) is 0 Å². The fourth-order valence-electron chi connectivity index (χ4n) is 3.60. The zero-order chi connectivity index (χ0) is 20.5. The fourth-order valence-corrected chi connectivity index (χ4v) is 5.20. The lowest BCUT2D eigenvalue weighted by atomic mass is 9.72. The summed E-state index contributed by atoms with van der Waals surface area (Å²) < 4.78 is 0.961. The van der Waals surface area contributed by atoms with Gasteiger partial charge in [0.05, 0.1) is 5.56 Å². The SMILES string of the molecule is CCC(=O)Nc1sc2c(c1C(=O)Nc1ccc(Br)cc1)CCC(C(C)(C)C)C2. The van der Waals surface area contributed by atoms with Crippen LogP contribution in [-0.2, 0) is 17.6 Å².